The van der Waals surface area contributed by atoms with E-state index in [1.807, 2.05) is 0 Å². The van der Waals surface area contributed by atoms with Gasteiger partial charge in [0.25, 0.3) is 0 Å². The number of nitrogens with zero attached hydrogens (tertiary/aromatic N) is 1. The molecule has 1 heterocycles. The minimum atomic E-state index is 0.365. The molecule has 2 heteroatoms. The van der Waals surface area contributed by atoms with E-state index in [0.717, 1.165) is 19.0 Å². The molecule has 1 aromatic carbocycles. The number of fused-ring (bicyclic) bond motifs is 1. The number of hydrogen-bond acceptors (Lipinski definition) is 2. The molecule has 1 aliphatic carbocycles. The van der Waals surface area contributed by atoms with Gasteiger partial charge in [0.15, 0.2) is 0 Å². The molecule has 0 aromatic heterocycles. The average molecular weight is 231 g/mol. The molecule has 3 rings (SSSR count). The van der Waals surface area contributed by atoms with E-state index < -0.39 is 0 Å². The molecule has 0 saturated carbocycles. The molecule has 1 unspecified atom stereocenters. The van der Waals surface area contributed by atoms with Gasteiger partial charge in [-0.05, 0) is 36.3 Å². The van der Waals surface area contributed by atoms with Crippen LogP contribution in [0.3, 0.4) is 0 Å². The predicted molar refractivity (Wildman–Crippen MR) is 69.0 cm³/mol. The highest BCUT2D eigenvalue weighted by molar-refractivity contribution is 5.29. The largest absolute Gasteiger partial charge is 0.396 e. The first-order valence-corrected chi connectivity index (χ1v) is 6.75. The molecular weight excluding hydrogens is 210 g/mol. The third-order valence-electron chi connectivity index (χ3n) is 4.26. The van der Waals surface area contributed by atoms with Gasteiger partial charge in [0, 0.05) is 32.2 Å². The Balaban J connectivity index is 1.54. The van der Waals surface area contributed by atoms with E-state index in [-0.39, 0.29) is 0 Å². The van der Waals surface area contributed by atoms with Crippen molar-refractivity contribution >= 4 is 0 Å². The molecule has 0 spiro atoms. The summed E-state index contributed by atoms with van der Waals surface area (Å²) in [5.74, 6) is 1.37. The fraction of sp³-hybridized carbons (Fsp3) is 0.600. The van der Waals surface area contributed by atoms with Crippen LogP contribution in [0.5, 0.6) is 0 Å². The van der Waals surface area contributed by atoms with Crippen LogP contribution < -0.4 is 0 Å². The van der Waals surface area contributed by atoms with E-state index in [2.05, 4.69) is 29.2 Å². The van der Waals surface area contributed by atoms with E-state index in [4.69, 9.17) is 5.11 Å². The van der Waals surface area contributed by atoms with Crippen molar-refractivity contribution < 1.29 is 5.11 Å². The molecule has 2 nitrogen and oxygen atoms in total. The Kier molecular flexibility index (Phi) is 3.17. The van der Waals surface area contributed by atoms with Crippen molar-refractivity contribution in [2.75, 3.05) is 26.2 Å². The van der Waals surface area contributed by atoms with Crippen molar-refractivity contribution in [1.29, 1.82) is 0 Å². The first-order chi connectivity index (χ1) is 8.35. The summed E-state index contributed by atoms with van der Waals surface area (Å²) < 4.78 is 0. The summed E-state index contributed by atoms with van der Waals surface area (Å²) in [5, 5.41) is 9.01. The SMILES string of the molecule is OCC1CN(CC2CCc3ccccc3C2)C1. The standard InChI is InChI=1S/C15H21NO/c17-11-13-9-16(10-13)8-12-5-6-14-3-1-2-4-15(14)7-12/h1-4,12-13,17H,5-11H2. The van der Waals surface area contributed by atoms with Gasteiger partial charge in [-0.2, -0.15) is 0 Å². The van der Waals surface area contributed by atoms with Crippen molar-refractivity contribution in [1.82, 2.24) is 4.90 Å². The molecule has 1 saturated heterocycles. The maximum Gasteiger partial charge on any atom is 0.0483 e. The summed E-state index contributed by atoms with van der Waals surface area (Å²) in [5.41, 5.74) is 3.11. The zero-order chi connectivity index (χ0) is 11.7. The number of benzene rings is 1. The molecule has 0 amide bonds. The predicted octanol–water partition coefficient (Wildman–Crippen LogP) is 1.72. The van der Waals surface area contributed by atoms with Gasteiger partial charge in [-0.15, -0.1) is 0 Å². The van der Waals surface area contributed by atoms with Crippen molar-refractivity contribution in [2.24, 2.45) is 11.8 Å². The molecule has 1 atom stereocenters. The quantitative estimate of drug-likeness (QED) is 0.856. The Labute approximate surface area is 103 Å². The molecule has 1 aliphatic heterocycles. The summed E-state index contributed by atoms with van der Waals surface area (Å²) in [6, 6.07) is 8.87. The van der Waals surface area contributed by atoms with Gasteiger partial charge in [0.1, 0.15) is 0 Å². The van der Waals surface area contributed by atoms with E-state index >= 15 is 0 Å². The molecule has 0 radical (unpaired) electrons. The molecule has 1 fully saturated rings. The zero-order valence-corrected chi connectivity index (χ0v) is 10.3. The third-order valence-corrected chi connectivity index (χ3v) is 4.26. The monoisotopic (exact) mass is 231 g/mol. The number of aliphatic hydroxyl groups is 1. The second-order valence-electron chi connectivity index (χ2n) is 5.64. The number of hydrogen-bond donors (Lipinski definition) is 1. The van der Waals surface area contributed by atoms with Crippen molar-refractivity contribution in [3.63, 3.8) is 0 Å². The number of likely N-dealkylation sites (tertiary alicyclic amines) is 1. The maximum absolute atomic E-state index is 9.01. The van der Waals surface area contributed by atoms with Crippen LogP contribution in [0.1, 0.15) is 17.5 Å². The van der Waals surface area contributed by atoms with Crippen molar-refractivity contribution in [3.8, 4) is 0 Å². The maximum atomic E-state index is 9.01. The molecule has 92 valence electrons. The van der Waals surface area contributed by atoms with Crippen LogP contribution in [0.25, 0.3) is 0 Å². The lowest BCUT2D eigenvalue weighted by molar-refractivity contribution is 0.0399. The molecule has 0 bridgehead atoms. The summed E-state index contributed by atoms with van der Waals surface area (Å²) >= 11 is 0. The summed E-state index contributed by atoms with van der Waals surface area (Å²) in [7, 11) is 0. The molecule has 17 heavy (non-hydrogen) atoms. The van der Waals surface area contributed by atoms with Gasteiger partial charge in [-0.3, -0.25) is 0 Å². The van der Waals surface area contributed by atoms with Gasteiger partial charge < -0.3 is 10.0 Å². The van der Waals surface area contributed by atoms with E-state index in [1.165, 1.54) is 25.8 Å². The first kappa shape index (κ1) is 11.2. The Bertz CT molecular complexity index is 384. The number of aliphatic hydroxyl groups excluding tert-OH is 1. The lowest BCUT2D eigenvalue weighted by Gasteiger charge is -2.41. The molecular formula is C15H21NO. The third kappa shape index (κ3) is 2.38. The minimum absolute atomic E-state index is 0.365. The van der Waals surface area contributed by atoms with Gasteiger partial charge in [-0.1, -0.05) is 24.3 Å². The summed E-state index contributed by atoms with van der Waals surface area (Å²) in [4.78, 5) is 2.50. The fourth-order valence-corrected chi connectivity index (χ4v) is 3.24. The van der Waals surface area contributed by atoms with Crippen LogP contribution in [0.4, 0.5) is 0 Å². The highest BCUT2D eigenvalue weighted by Crippen LogP contribution is 2.27. The van der Waals surface area contributed by atoms with Crippen LogP contribution in [0.15, 0.2) is 24.3 Å². The van der Waals surface area contributed by atoms with Crippen molar-refractivity contribution in [3.05, 3.63) is 35.4 Å². The van der Waals surface area contributed by atoms with Crippen LogP contribution in [-0.2, 0) is 12.8 Å². The Morgan fingerprint density at radius 2 is 1.88 bits per heavy atom. The van der Waals surface area contributed by atoms with Gasteiger partial charge >= 0.3 is 0 Å². The average Bonchev–Trinajstić information content (AvgIpc) is 2.33. The van der Waals surface area contributed by atoms with E-state index in [0.29, 0.717) is 12.5 Å². The van der Waals surface area contributed by atoms with Gasteiger partial charge in [-0.25, -0.2) is 0 Å². The number of rotatable bonds is 3. The summed E-state index contributed by atoms with van der Waals surface area (Å²) in [6.07, 6.45) is 3.83. The first-order valence-electron chi connectivity index (χ1n) is 6.75. The highest BCUT2D eigenvalue weighted by Gasteiger charge is 2.29. The Morgan fingerprint density at radius 3 is 2.65 bits per heavy atom. The second kappa shape index (κ2) is 4.79. The van der Waals surface area contributed by atoms with Crippen LogP contribution >= 0.6 is 0 Å². The minimum Gasteiger partial charge on any atom is -0.396 e. The fourth-order valence-electron chi connectivity index (χ4n) is 3.24. The Morgan fingerprint density at radius 1 is 1.12 bits per heavy atom. The summed E-state index contributed by atoms with van der Waals surface area (Å²) in [6.45, 7) is 3.80. The molecule has 2 aliphatic rings. The lowest BCUT2D eigenvalue weighted by Crippen LogP contribution is -2.50. The van der Waals surface area contributed by atoms with Crippen LogP contribution in [0.2, 0.25) is 0 Å². The highest BCUT2D eigenvalue weighted by atomic mass is 16.3. The van der Waals surface area contributed by atoms with Crippen molar-refractivity contribution in [2.45, 2.75) is 19.3 Å². The Hall–Kier alpha value is -0.860. The molecule has 1 N–H and O–H groups in total. The smallest absolute Gasteiger partial charge is 0.0483 e. The zero-order valence-electron chi connectivity index (χ0n) is 10.3. The topological polar surface area (TPSA) is 23.5 Å². The normalized spacial score (nSPS) is 25.4. The van der Waals surface area contributed by atoms with Gasteiger partial charge in [0.2, 0.25) is 0 Å². The van der Waals surface area contributed by atoms with E-state index in [9.17, 15) is 0 Å². The van der Waals surface area contributed by atoms with Crippen LogP contribution in [0, 0.1) is 11.8 Å². The van der Waals surface area contributed by atoms with E-state index in [1.54, 1.807) is 11.1 Å². The second-order valence-corrected chi connectivity index (χ2v) is 5.64. The number of aryl methyl sites for hydroxylation is 1. The lowest BCUT2D eigenvalue weighted by atomic mass is 9.83. The van der Waals surface area contributed by atoms with Crippen LogP contribution in [-0.4, -0.2) is 36.2 Å². The van der Waals surface area contributed by atoms with Gasteiger partial charge in [0.05, 0.1) is 0 Å². The molecule has 1 aromatic rings.